The minimum absolute atomic E-state index is 0. The van der Waals surface area contributed by atoms with Crippen LogP contribution in [0.2, 0.25) is 0 Å². The van der Waals surface area contributed by atoms with E-state index in [1.807, 2.05) is 0 Å². The second-order valence-electron chi connectivity index (χ2n) is 10.5. The summed E-state index contributed by atoms with van der Waals surface area (Å²) in [6.07, 6.45) is 18.5. The zero-order valence-corrected chi connectivity index (χ0v) is 31.9. The molecule has 236 valence electrons. The number of hydrogen-bond acceptors (Lipinski definition) is 9. The number of ether oxygens (including phenoxy) is 2. The van der Waals surface area contributed by atoms with E-state index in [1.165, 1.54) is 51.9 Å². The molecule has 0 bridgehead atoms. The van der Waals surface area contributed by atoms with E-state index in [9.17, 15) is 28.7 Å². The van der Waals surface area contributed by atoms with Crippen LogP contribution in [0.15, 0.2) is 0 Å². The maximum atomic E-state index is 12.2. The van der Waals surface area contributed by atoms with Gasteiger partial charge in [0.15, 0.2) is 6.10 Å². The van der Waals surface area contributed by atoms with Gasteiger partial charge in [0.2, 0.25) is 5.91 Å². The maximum Gasteiger partial charge on any atom is 1.00 e. The Morgan fingerprint density at radius 1 is 0.667 bits per heavy atom. The molecule has 0 radical (unpaired) electrons. The summed E-state index contributed by atoms with van der Waals surface area (Å²) >= 11 is 0. The molecule has 0 rings (SSSR count). The van der Waals surface area contributed by atoms with E-state index in [0.29, 0.717) is 19.4 Å². The van der Waals surface area contributed by atoms with Crippen molar-refractivity contribution in [3.8, 4) is 0 Å². The van der Waals surface area contributed by atoms with Gasteiger partial charge in [-0.3, -0.25) is 14.4 Å². The molecule has 13 heteroatoms. The fourth-order valence-corrected chi connectivity index (χ4v) is 4.62. The maximum absolute atomic E-state index is 12.2. The van der Waals surface area contributed by atoms with E-state index in [1.54, 1.807) is 0 Å². The zero-order chi connectivity index (χ0) is 29.9. The van der Waals surface area contributed by atoms with Gasteiger partial charge in [0.1, 0.15) is 6.61 Å². The quantitative estimate of drug-likeness (QED) is 0.0505. The standard InChI is InChI=1S/C29H56NO9P.2Na/c1-3-4-5-6-7-8-9-10-12-16-19-22-29(33)39-27(25-38-40(34,35)36)24-37-28(32)21-18-15-13-11-14-17-20-23-30-26(2)31;;/h27H,3-25H2,1-2H3,(H,30,31)(H2,34,35,36);;/q;2*+1/p-2/t27-;;/m1../s1. The molecule has 0 aliphatic rings. The van der Waals surface area contributed by atoms with Gasteiger partial charge in [0.25, 0.3) is 0 Å². The molecular weight excluding hydrogens is 583 g/mol. The summed E-state index contributed by atoms with van der Waals surface area (Å²) < 4.78 is 25.5. The number of phosphoric acid groups is 1. The van der Waals surface area contributed by atoms with Crippen LogP contribution in [0.3, 0.4) is 0 Å². The fraction of sp³-hybridized carbons (Fsp3) is 0.897. The van der Waals surface area contributed by atoms with E-state index in [2.05, 4.69) is 16.8 Å². The smallest absolute Gasteiger partial charge is 0.790 e. The van der Waals surface area contributed by atoms with E-state index in [0.717, 1.165) is 57.8 Å². The molecule has 0 heterocycles. The van der Waals surface area contributed by atoms with Crippen molar-refractivity contribution < 1.29 is 102 Å². The zero-order valence-electron chi connectivity index (χ0n) is 27.0. The molecule has 0 aromatic heterocycles. The summed E-state index contributed by atoms with van der Waals surface area (Å²) in [5, 5.41) is 2.77. The van der Waals surface area contributed by atoms with E-state index in [4.69, 9.17) is 9.47 Å². The monoisotopic (exact) mass is 637 g/mol. The first-order chi connectivity index (χ1) is 19.1. The molecule has 0 aliphatic carbocycles. The first-order valence-electron chi connectivity index (χ1n) is 15.4. The number of rotatable bonds is 28. The van der Waals surface area contributed by atoms with Crippen LogP contribution in [0.1, 0.15) is 142 Å². The van der Waals surface area contributed by atoms with Crippen molar-refractivity contribution in [2.75, 3.05) is 19.8 Å². The third-order valence-electron chi connectivity index (χ3n) is 6.56. The SMILES string of the molecule is CCCCCCCCCCCCCC(=O)O[C@H](COC(=O)CCCCCCCCCNC(C)=O)COP(=O)([O-])[O-].[Na+].[Na+]. The Morgan fingerprint density at radius 3 is 1.55 bits per heavy atom. The molecule has 42 heavy (non-hydrogen) atoms. The van der Waals surface area contributed by atoms with Crippen molar-refractivity contribution in [3.05, 3.63) is 0 Å². The summed E-state index contributed by atoms with van der Waals surface area (Å²) in [5.74, 6) is -1.03. The number of nitrogens with one attached hydrogen (secondary N) is 1. The molecule has 0 unspecified atom stereocenters. The van der Waals surface area contributed by atoms with E-state index >= 15 is 0 Å². The number of carbonyl (C=O) groups is 3. The van der Waals surface area contributed by atoms with Crippen molar-refractivity contribution >= 4 is 25.7 Å². The molecule has 1 N–H and O–H groups in total. The summed E-state index contributed by atoms with van der Waals surface area (Å²) in [7, 11) is -5.25. The van der Waals surface area contributed by atoms with Gasteiger partial charge in [0, 0.05) is 26.3 Å². The van der Waals surface area contributed by atoms with Gasteiger partial charge in [-0.1, -0.05) is 103 Å². The van der Waals surface area contributed by atoms with Gasteiger partial charge in [-0.15, -0.1) is 0 Å². The van der Waals surface area contributed by atoms with Crippen molar-refractivity contribution in [3.63, 3.8) is 0 Å². The molecule has 0 saturated heterocycles. The minimum Gasteiger partial charge on any atom is -0.790 e. The fourth-order valence-electron chi connectivity index (χ4n) is 4.27. The van der Waals surface area contributed by atoms with Crippen LogP contribution >= 0.6 is 7.82 Å². The molecular formula is C29H54NNa2O9P. The molecule has 10 nitrogen and oxygen atoms in total. The molecule has 1 atom stereocenters. The summed E-state index contributed by atoms with van der Waals surface area (Å²) in [6, 6.07) is 0. The normalized spacial score (nSPS) is 11.6. The Morgan fingerprint density at radius 2 is 1.10 bits per heavy atom. The van der Waals surface area contributed by atoms with Gasteiger partial charge < -0.3 is 33.7 Å². The van der Waals surface area contributed by atoms with Crippen molar-refractivity contribution in [2.24, 2.45) is 0 Å². The summed E-state index contributed by atoms with van der Waals surface area (Å²) in [6.45, 7) is 3.37. The third-order valence-corrected chi connectivity index (χ3v) is 7.03. The first-order valence-corrected chi connectivity index (χ1v) is 16.9. The number of esters is 2. The second-order valence-corrected chi connectivity index (χ2v) is 11.7. The number of phosphoric ester groups is 1. The van der Waals surface area contributed by atoms with Crippen LogP contribution in [0.25, 0.3) is 0 Å². The van der Waals surface area contributed by atoms with Crippen molar-refractivity contribution in [2.45, 2.75) is 148 Å². The Bertz CT molecular complexity index is 711. The molecule has 1 amide bonds. The van der Waals surface area contributed by atoms with Gasteiger partial charge in [-0.2, -0.15) is 0 Å². The van der Waals surface area contributed by atoms with Gasteiger partial charge in [0.05, 0.1) is 14.4 Å². The van der Waals surface area contributed by atoms with Crippen LogP contribution in [-0.2, 0) is 32.9 Å². The minimum atomic E-state index is -5.25. The summed E-state index contributed by atoms with van der Waals surface area (Å²) in [4.78, 5) is 56.8. The Labute approximate surface area is 298 Å². The average Bonchev–Trinajstić information content (AvgIpc) is 2.89. The molecule has 0 aromatic carbocycles. The predicted molar refractivity (Wildman–Crippen MR) is 151 cm³/mol. The Balaban J connectivity index is -0.00000760. The van der Waals surface area contributed by atoms with Crippen LogP contribution in [-0.4, -0.2) is 43.7 Å². The van der Waals surface area contributed by atoms with E-state index < -0.39 is 32.5 Å². The summed E-state index contributed by atoms with van der Waals surface area (Å²) in [5.41, 5.74) is 0. The molecule has 0 spiro atoms. The van der Waals surface area contributed by atoms with Crippen LogP contribution < -0.4 is 74.2 Å². The molecule has 0 saturated carbocycles. The number of amides is 1. The molecule has 0 aliphatic heterocycles. The van der Waals surface area contributed by atoms with E-state index in [-0.39, 0.29) is 84.5 Å². The first kappa shape index (κ1) is 46.9. The number of unbranched alkanes of at least 4 members (excludes halogenated alkanes) is 16. The van der Waals surface area contributed by atoms with Gasteiger partial charge in [-0.05, 0) is 19.3 Å². The third kappa shape index (κ3) is 36.7. The predicted octanol–water partition coefficient (Wildman–Crippen LogP) is -0.747. The van der Waals surface area contributed by atoms with Crippen LogP contribution in [0.5, 0.6) is 0 Å². The topological polar surface area (TPSA) is 154 Å². The molecule has 0 aromatic rings. The number of hydrogen-bond donors (Lipinski definition) is 1. The Hall–Kier alpha value is 0.520. The number of carbonyl (C=O) groups excluding carboxylic acids is 3. The molecule has 0 fully saturated rings. The Kier molecular flexibility index (Phi) is 36.8. The van der Waals surface area contributed by atoms with Crippen molar-refractivity contribution in [1.29, 1.82) is 0 Å². The van der Waals surface area contributed by atoms with Crippen LogP contribution in [0, 0.1) is 0 Å². The van der Waals surface area contributed by atoms with Gasteiger partial charge >= 0.3 is 71.1 Å². The average molecular weight is 638 g/mol. The van der Waals surface area contributed by atoms with Gasteiger partial charge in [-0.25, -0.2) is 0 Å². The van der Waals surface area contributed by atoms with Crippen LogP contribution in [0.4, 0.5) is 0 Å². The second kappa shape index (κ2) is 32.9. The largest absolute Gasteiger partial charge is 1.00 e. The van der Waals surface area contributed by atoms with Crippen molar-refractivity contribution in [1.82, 2.24) is 5.32 Å².